The summed E-state index contributed by atoms with van der Waals surface area (Å²) in [5.41, 5.74) is 3.65. The zero-order valence-electron chi connectivity index (χ0n) is 14.9. The van der Waals surface area contributed by atoms with Gasteiger partial charge in [-0.2, -0.15) is 0 Å². The summed E-state index contributed by atoms with van der Waals surface area (Å²) in [5, 5.41) is 0.827. The molecular formula is C20H23N3OS. The Hall–Kier alpha value is -2.14. The van der Waals surface area contributed by atoms with Gasteiger partial charge >= 0.3 is 0 Å². The van der Waals surface area contributed by atoms with Crippen molar-refractivity contribution in [1.82, 2.24) is 9.97 Å². The number of H-pyrrole nitrogens is 1. The summed E-state index contributed by atoms with van der Waals surface area (Å²) in [5.74, 6) is 0.742. The minimum absolute atomic E-state index is 0.0204. The Labute approximate surface area is 151 Å². The lowest BCUT2D eigenvalue weighted by molar-refractivity contribution is 0.663. The molecule has 0 bridgehead atoms. The SMILES string of the molecule is Cc1ccc(N(Cc2nc3sc4c(c3c(=O)[nH]2)CCC4)C(C)C)cc1. The molecule has 0 aliphatic heterocycles. The van der Waals surface area contributed by atoms with E-state index in [1.807, 2.05) is 0 Å². The highest BCUT2D eigenvalue weighted by molar-refractivity contribution is 7.18. The molecule has 25 heavy (non-hydrogen) atoms. The van der Waals surface area contributed by atoms with Crippen LogP contribution in [0.3, 0.4) is 0 Å². The minimum Gasteiger partial charge on any atom is -0.362 e. The largest absolute Gasteiger partial charge is 0.362 e. The molecule has 0 radical (unpaired) electrons. The van der Waals surface area contributed by atoms with E-state index in [0.29, 0.717) is 12.6 Å². The molecule has 3 aromatic rings. The number of fused-ring (bicyclic) bond motifs is 3. The number of thiophene rings is 1. The highest BCUT2D eigenvalue weighted by Gasteiger charge is 2.22. The van der Waals surface area contributed by atoms with Crippen LogP contribution in [0.2, 0.25) is 0 Å². The van der Waals surface area contributed by atoms with E-state index in [1.165, 1.54) is 16.0 Å². The van der Waals surface area contributed by atoms with Gasteiger partial charge in [0.15, 0.2) is 0 Å². The molecule has 1 aliphatic rings. The topological polar surface area (TPSA) is 49.0 Å². The van der Waals surface area contributed by atoms with Gasteiger partial charge in [-0.3, -0.25) is 4.79 Å². The Morgan fingerprint density at radius 2 is 2.00 bits per heavy atom. The molecule has 0 fully saturated rings. The first-order valence-corrected chi connectivity index (χ1v) is 9.71. The molecule has 1 N–H and O–H groups in total. The maximum Gasteiger partial charge on any atom is 0.259 e. The summed E-state index contributed by atoms with van der Waals surface area (Å²) in [6.45, 7) is 7.02. The zero-order chi connectivity index (χ0) is 17.6. The number of nitrogens with one attached hydrogen (secondary N) is 1. The van der Waals surface area contributed by atoms with Crippen LogP contribution < -0.4 is 10.5 Å². The molecule has 0 saturated carbocycles. The number of aromatic amines is 1. The fourth-order valence-electron chi connectivity index (χ4n) is 3.59. The van der Waals surface area contributed by atoms with Crippen LogP contribution in [-0.4, -0.2) is 16.0 Å². The molecule has 1 aliphatic carbocycles. The molecule has 4 rings (SSSR count). The monoisotopic (exact) mass is 353 g/mol. The van der Waals surface area contributed by atoms with Gasteiger partial charge in [-0.25, -0.2) is 4.98 Å². The van der Waals surface area contributed by atoms with E-state index >= 15 is 0 Å². The molecule has 0 atom stereocenters. The van der Waals surface area contributed by atoms with E-state index < -0.39 is 0 Å². The van der Waals surface area contributed by atoms with Crippen LogP contribution in [0.1, 0.15) is 42.1 Å². The third-order valence-corrected chi connectivity index (χ3v) is 6.12. The van der Waals surface area contributed by atoms with E-state index in [2.05, 4.69) is 54.9 Å². The van der Waals surface area contributed by atoms with E-state index in [0.717, 1.165) is 41.0 Å². The van der Waals surface area contributed by atoms with Crippen LogP contribution in [0.15, 0.2) is 29.1 Å². The zero-order valence-corrected chi connectivity index (χ0v) is 15.7. The van der Waals surface area contributed by atoms with Crippen LogP contribution in [-0.2, 0) is 19.4 Å². The van der Waals surface area contributed by atoms with Crippen LogP contribution in [0, 0.1) is 6.92 Å². The van der Waals surface area contributed by atoms with Crippen LogP contribution in [0.25, 0.3) is 10.2 Å². The first-order valence-electron chi connectivity index (χ1n) is 8.89. The summed E-state index contributed by atoms with van der Waals surface area (Å²) in [7, 11) is 0. The fraction of sp³-hybridized carbons (Fsp3) is 0.400. The lowest BCUT2D eigenvalue weighted by Gasteiger charge is -2.28. The number of nitrogens with zero attached hydrogens (tertiary/aromatic N) is 2. The Kier molecular flexibility index (Phi) is 4.12. The molecule has 0 amide bonds. The Morgan fingerprint density at radius 1 is 1.24 bits per heavy atom. The minimum atomic E-state index is 0.0204. The van der Waals surface area contributed by atoms with Crippen molar-refractivity contribution in [3.8, 4) is 0 Å². The van der Waals surface area contributed by atoms with Gasteiger partial charge < -0.3 is 9.88 Å². The van der Waals surface area contributed by atoms with Gasteiger partial charge in [0.1, 0.15) is 10.7 Å². The average molecular weight is 353 g/mol. The van der Waals surface area contributed by atoms with Crippen molar-refractivity contribution in [3.63, 3.8) is 0 Å². The number of rotatable bonds is 4. The van der Waals surface area contributed by atoms with Gasteiger partial charge in [-0.05, 0) is 57.7 Å². The van der Waals surface area contributed by atoms with Crippen molar-refractivity contribution in [2.75, 3.05) is 4.90 Å². The van der Waals surface area contributed by atoms with Gasteiger partial charge in [-0.1, -0.05) is 17.7 Å². The molecule has 2 aromatic heterocycles. The highest BCUT2D eigenvalue weighted by atomic mass is 32.1. The van der Waals surface area contributed by atoms with Crippen molar-refractivity contribution in [1.29, 1.82) is 0 Å². The molecule has 0 saturated heterocycles. The van der Waals surface area contributed by atoms with E-state index in [4.69, 9.17) is 4.98 Å². The molecule has 130 valence electrons. The maximum absolute atomic E-state index is 12.6. The van der Waals surface area contributed by atoms with E-state index in [1.54, 1.807) is 11.3 Å². The molecule has 0 spiro atoms. The Balaban J connectivity index is 1.71. The Morgan fingerprint density at radius 3 is 2.72 bits per heavy atom. The maximum atomic E-state index is 12.6. The lowest BCUT2D eigenvalue weighted by atomic mass is 10.2. The quantitative estimate of drug-likeness (QED) is 0.765. The molecule has 2 heterocycles. The number of hydrogen-bond acceptors (Lipinski definition) is 4. The van der Waals surface area contributed by atoms with Gasteiger partial charge in [-0.15, -0.1) is 11.3 Å². The molecular weight excluding hydrogens is 330 g/mol. The van der Waals surface area contributed by atoms with Gasteiger partial charge in [0.25, 0.3) is 5.56 Å². The standard InChI is InChI=1S/C20H23N3OS/c1-12(2)23(14-9-7-13(3)8-10-14)11-17-21-19(24)18-15-5-4-6-16(15)25-20(18)22-17/h7-10,12H,4-6,11H2,1-3H3,(H,21,22,24). The molecule has 1 aromatic carbocycles. The molecule has 4 nitrogen and oxygen atoms in total. The van der Waals surface area contributed by atoms with Gasteiger partial charge in [0.05, 0.1) is 11.9 Å². The Bertz CT molecular complexity index is 969. The van der Waals surface area contributed by atoms with Crippen LogP contribution in [0.5, 0.6) is 0 Å². The normalized spacial score (nSPS) is 13.6. The number of aryl methyl sites for hydroxylation is 3. The van der Waals surface area contributed by atoms with E-state index in [-0.39, 0.29) is 5.56 Å². The predicted molar refractivity (Wildman–Crippen MR) is 105 cm³/mol. The summed E-state index contributed by atoms with van der Waals surface area (Å²) in [6.07, 6.45) is 3.26. The number of hydrogen-bond donors (Lipinski definition) is 1. The van der Waals surface area contributed by atoms with Crippen molar-refractivity contribution >= 4 is 27.2 Å². The predicted octanol–water partition coefficient (Wildman–Crippen LogP) is 4.20. The molecule has 0 unspecified atom stereocenters. The average Bonchev–Trinajstić information content (AvgIpc) is 3.13. The van der Waals surface area contributed by atoms with Crippen molar-refractivity contribution in [2.45, 2.75) is 52.6 Å². The van der Waals surface area contributed by atoms with Gasteiger partial charge in [0.2, 0.25) is 0 Å². The number of anilines is 1. The van der Waals surface area contributed by atoms with Crippen LogP contribution >= 0.6 is 11.3 Å². The number of benzene rings is 1. The van der Waals surface area contributed by atoms with Crippen LogP contribution in [0.4, 0.5) is 5.69 Å². The third kappa shape index (κ3) is 2.97. The second-order valence-corrected chi connectivity index (χ2v) is 8.19. The van der Waals surface area contributed by atoms with Crippen molar-refractivity contribution in [3.05, 3.63) is 56.4 Å². The smallest absolute Gasteiger partial charge is 0.259 e. The van der Waals surface area contributed by atoms with Crippen molar-refractivity contribution in [2.24, 2.45) is 0 Å². The van der Waals surface area contributed by atoms with Crippen molar-refractivity contribution < 1.29 is 0 Å². The first kappa shape index (κ1) is 16.3. The van der Waals surface area contributed by atoms with E-state index in [9.17, 15) is 4.79 Å². The summed E-state index contributed by atoms with van der Waals surface area (Å²) < 4.78 is 0. The third-order valence-electron chi connectivity index (χ3n) is 4.93. The summed E-state index contributed by atoms with van der Waals surface area (Å²) in [6, 6.07) is 8.82. The fourth-order valence-corrected chi connectivity index (χ4v) is 4.87. The summed E-state index contributed by atoms with van der Waals surface area (Å²) >= 11 is 1.70. The second kappa shape index (κ2) is 6.30. The highest BCUT2D eigenvalue weighted by Crippen LogP contribution is 2.34. The first-order chi connectivity index (χ1) is 12.0. The number of aromatic nitrogens is 2. The molecule has 5 heteroatoms. The lowest BCUT2D eigenvalue weighted by Crippen LogP contribution is -2.31. The van der Waals surface area contributed by atoms with Gasteiger partial charge in [0, 0.05) is 16.6 Å². The summed E-state index contributed by atoms with van der Waals surface area (Å²) in [4.78, 5) is 25.0. The second-order valence-electron chi connectivity index (χ2n) is 7.11.